The van der Waals surface area contributed by atoms with Crippen molar-refractivity contribution in [3.63, 3.8) is 0 Å². The highest BCUT2D eigenvalue weighted by atomic mass is 32.2. The van der Waals surface area contributed by atoms with E-state index in [1.807, 2.05) is 61.9 Å². The number of carbonyl (C=O) groups is 9. The molecular formula is C56H74N7O22S4+. The lowest BCUT2D eigenvalue weighted by Gasteiger charge is -2.30. The van der Waals surface area contributed by atoms with E-state index in [1.165, 1.54) is 18.2 Å². The molecule has 6 amide bonds. The van der Waals surface area contributed by atoms with E-state index in [1.54, 1.807) is 30.1 Å². The predicted octanol–water partition coefficient (Wildman–Crippen LogP) is 1.61. The molecule has 0 aromatic heterocycles. The highest BCUT2D eigenvalue weighted by Crippen LogP contribution is 2.51. The lowest BCUT2D eigenvalue weighted by atomic mass is 9.77. The number of hydrogen-bond donors (Lipinski definition) is 10. The van der Waals surface area contributed by atoms with Gasteiger partial charge in [-0.25, -0.2) is 9.37 Å². The van der Waals surface area contributed by atoms with E-state index in [9.17, 15) is 92.3 Å². The first-order valence-corrected chi connectivity index (χ1v) is 33.6. The van der Waals surface area contributed by atoms with Crippen molar-refractivity contribution in [2.24, 2.45) is 0 Å². The normalized spacial score (nSPS) is 18.2. The SMILES string of the molecule is CC[N+](CCCS(=O)(=O)O)=c1ccc2c(C(C)(C)C)cc(/C=C/C=C3\N(CCCS(=O)(=O)O)c4ccc(S(=O)(=O)O)cc4C3(C)CCCC(=O)NCCN3C(=O)CC(SCC(NC(=O)C(CC(=O)O)NC(=O)C(CC(=O)O)NC(C)=O)C(=O)O)C3=O)oc-2c1. The molecule has 5 atom stereocenters. The molecule has 3 aliphatic heterocycles. The van der Waals surface area contributed by atoms with Gasteiger partial charge in [0.05, 0.1) is 40.6 Å². The third-order valence-electron chi connectivity index (χ3n) is 14.6. The average molecular weight is 1330 g/mol. The molecule has 5 unspecified atom stereocenters. The van der Waals surface area contributed by atoms with Crippen molar-refractivity contribution in [2.75, 3.05) is 54.9 Å². The summed E-state index contributed by atoms with van der Waals surface area (Å²) >= 11 is 0.677. The first-order valence-electron chi connectivity index (χ1n) is 27.9. The Hall–Kier alpha value is -7.56. The Bertz CT molecular complexity index is 3670. The zero-order valence-electron chi connectivity index (χ0n) is 49.6. The number of carbonyl (C=O) groups excluding carboxylic acids is 6. The second kappa shape index (κ2) is 30.3. The van der Waals surface area contributed by atoms with Gasteiger partial charge in [0.25, 0.3) is 30.4 Å². The van der Waals surface area contributed by atoms with Crippen molar-refractivity contribution in [1.82, 2.24) is 30.7 Å². The molecule has 3 heterocycles. The van der Waals surface area contributed by atoms with Crippen LogP contribution < -0.4 is 36.1 Å². The van der Waals surface area contributed by atoms with Crippen LogP contribution in [0.4, 0.5) is 5.69 Å². The fourth-order valence-electron chi connectivity index (χ4n) is 10.3. The minimum atomic E-state index is -4.77. The van der Waals surface area contributed by atoms with Gasteiger partial charge in [-0.1, -0.05) is 26.8 Å². The number of nitrogens with zero attached hydrogens (tertiary/aromatic N) is 3. The predicted molar refractivity (Wildman–Crippen MR) is 323 cm³/mol. The Kier molecular flexibility index (Phi) is 24.6. The molecule has 488 valence electrons. The number of rotatable bonds is 32. The number of hydrogen-bond acceptors (Lipinski definition) is 18. The minimum Gasteiger partial charge on any atom is -0.481 e. The number of fused-ring (bicyclic) bond motifs is 2. The van der Waals surface area contributed by atoms with Crippen LogP contribution in [0.25, 0.3) is 17.4 Å². The third-order valence-corrected chi connectivity index (χ3v) is 18.3. The smallest absolute Gasteiger partial charge is 0.327 e. The summed E-state index contributed by atoms with van der Waals surface area (Å²) in [6.45, 7) is 11.0. The Balaban J connectivity index is 1.33. The molecular weight excluding hydrogens is 1250 g/mol. The number of carboxylic acids is 3. The molecule has 1 aliphatic carbocycles. The fourth-order valence-corrected chi connectivity index (χ4v) is 13.0. The number of likely N-dealkylation sites (tertiary alicyclic amines) is 1. The van der Waals surface area contributed by atoms with Gasteiger partial charge in [0.2, 0.25) is 40.8 Å². The average Bonchev–Trinajstić information content (AvgIpc) is 1.66. The van der Waals surface area contributed by atoms with E-state index < -0.39 is 159 Å². The maximum Gasteiger partial charge on any atom is 0.327 e. The fraction of sp³-hybridized carbons (Fsp3) is 0.500. The summed E-state index contributed by atoms with van der Waals surface area (Å²) in [4.78, 5) is 115. The Morgan fingerprint density at radius 3 is 2.00 bits per heavy atom. The van der Waals surface area contributed by atoms with E-state index in [0.717, 1.165) is 28.3 Å². The first-order chi connectivity index (χ1) is 41.3. The number of thioether (sulfide) groups is 1. The quantitative estimate of drug-likeness (QED) is 0.0241. The van der Waals surface area contributed by atoms with E-state index in [-0.39, 0.29) is 51.7 Å². The number of anilines is 1. The Morgan fingerprint density at radius 2 is 1.43 bits per heavy atom. The van der Waals surface area contributed by atoms with Crippen LogP contribution in [0.15, 0.2) is 69.6 Å². The monoisotopic (exact) mass is 1320 g/mol. The number of aliphatic carboxylic acids is 3. The summed E-state index contributed by atoms with van der Waals surface area (Å²) < 4.78 is 109. The third kappa shape index (κ3) is 20.8. The van der Waals surface area contributed by atoms with Crippen LogP contribution in [0.2, 0.25) is 0 Å². The molecule has 1 aromatic carbocycles. The van der Waals surface area contributed by atoms with Crippen molar-refractivity contribution >= 4 is 107 Å². The zero-order valence-corrected chi connectivity index (χ0v) is 52.9. The number of amides is 6. The molecule has 0 spiro atoms. The van der Waals surface area contributed by atoms with E-state index >= 15 is 0 Å². The van der Waals surface area contributed by atoms with Crippen LogP contribution in [-0.4, -0.2) is 186 Å². The molecule has 89 heavy (non-hydrogen) atoms. The molecule has 5 rings (SSSR count). The van der Waals surface area contributed by atoms with Crippen molar-refractivity contribution in [3.05, 3.63) is 82.6 Å². The Labute approximate surface area is 518 Å². The molecule has 0 radical (unpaired) electrons. The van der Waals surface area contributed by atoms with Gasteiger partial charge in [-0.15, -0.1) is 11.8 Å². The number of benzene rings is 2. The number of nitrogens with one attached hydrogen (secondary N) is 4. The van der Waals surface area contributed by atoms with Crippen molar-refractivity contribution in [3.8, 4) is 11.3 Å². The highest BCUT2D eigenvalue weighted by Gasteiger charge is 2.44. The molecule has 1 aromatic rings. The van der Waals surface area contributed by atoms with Gasteiger partial charge < -0.3 is 45.9 Å². The molecule has 1 saturated heterocycles. The van der Waals surface area contributed by atoms with E-state index in [4.69, 9.17) is 9.52 Å². The summed E-state index contributed by atoms with van der Waals surface area (Å²) in [7, 11) is -13.4. The van der Waals surface area contributed by atoms with Gasteiger partial charge in [0.1, 0.15) is 42.7 Å². The molecule has 1 fully saturated rings. The van der Waals surface area contributed by atoms with Crippen molar-refractivity contribution in [1.29, 1.82) is 0 Å². The van der Waals surface area contributed by atoms with Crippen LogP contribution in [0, 0.1) is 0 Å². The summed E-state index contributed by atoms with van der Waals surface area (Å²) in [5.41, 5.74) is 1.50. The molecule has 10 N–H and O–H groups in total. The standard InChI is InChI=1S/C56H73N7O22S4/c1-7-61(21-10-24-87(76,77)78)34-15-17-37-38(55(3,4)5)27-35(85-44(37)26-34)12-8-13-46-56(6,39-28-36(89(82,83)84)16-18-43(39)62(46)22-11-25-88(79,80)81)19-9-14-47(65)57-20-23-63-48(66)31-45(53(63)73)86-32-42(54(74)75)60-52(72)41(30-50(69)70)59-51(71)40(29-49(67)68)58-33(2)64/h8,12-13,15-18,26-28,40-42,45H,7,9-11,14,19-25,29-32H2,1-6H3,(H9-,57,58,59,60,64,65,67,68,69,70,71,72,74,75,76,77,78,79,80,81,82,83,84)/p+1. The molecule has 33 heteroatoms. The van der Waals surface area contributed by atoms with E-state index in [2.05, 4.69) is 16.0 Å². The maximum absolute atomic E-state index is 13.5. The summed E-state index contributed by atoms with van der Waals surface area (Å²) in [6.07, 6.45) is 2.82. The van der Waals surface area contributed by atoms with Crippen LogP contribution >= 0.6 is 11.8 Å². The largest absolute Gasteiger partial charge is 0.481 e. The zero-order chi connectivity index (χ0) is 66.6. The number of allylic oxidation sites excluding steroid dienone is 3. The lowest BCUT2D eigenvalue weighted by molar-refractivity contribution is -0.144. The topological polar surface area (TPSA) is 448 Å². The second-order valence-electron chi connectivity index (χ2n) is 22.4. The number of imide groups is 1. The van der Waals surface area contributed by atoms with Crippen LogP contribution in [0.3, 0.4) is 0 Å². The van der Waals surface area contributed by atoms with Gasteiger partial charge in [-0.3, -0.25) is 56.9 Å². The Morgan fingerprint density at radius 1 is 0.809 bits per heavy atom. The van der Waals surface area contributed by atoms with Crippen molar-refractivity contribution in [2.45, 2.75) is 132 Å². The van der Waals surface area contributed by atoms with E-state index in [0.29, 0.717) is 53.3 Å². The van der Waals surface area contributed by atoms with Gasteiger partial charge in [0, 0.05) is 80.0 Å². The maximum atomic E-state index is 13.5. The summed E-state index contributed by atoms with van der Waals surface area (Å²) in [6, 6.07) is 5.94. The summed E-state index contributed by atoms with van der Waals surface area (Å²) in [5.74, 6) is -10.8. The molecule has 29 nitrogen and oxygen atoms in total. The highest BCUT2D eigenvalue weighted by molar-refractivity contribution is 8.00. The van der Waals surface area contributed by atoms with Crippen molar-refractivity contribution < 1.29 is 102 Å². The van der Waals surface area contributed by atoms with Gasteiger partial charge in [-0.05, 0) is 92.1 Å². The van der Waals surface area contributed by atoms with Gasteiger partial charge >= 0.3 is 17.9 Å². The van der Waals surface area contributed by atoms with Gasteiger partial charge in [-0.2, -0.15) is 25.3 Å². The molecule has 0 saturated carbocycles. The minimum absolute atomic E-state index is 0.00862. The molecule has 4 aliphatic rings. The van der Waals surface area contributed by atoms with Gasteiger partial charge in [0.15, 0.2) is 0 Å². The second-order valence-corrected chi connectivity index (χ2v) is 28.2. The van der Waals surface area contributed by atoms with Crippen LogP contribution in [0.1, 0.15) is 110 Å². The summed E-state index contributed by atoms with van der Waals surface area (Å²) in [5, 5.41) is 36.9. The number of carboxylic acid groups (broad SMARTS) is 3. The van der Waals surface area contributed by atoms with Crippen LogP contribution in [0.5, 0.6) is 0 Å². The lowest BCUT2D eigenvalue weighted by Crippen LogP contribution is -2.56. The first kappa shape index (κ1) is 72.2. The van der Waals surface area contributed by atoms with Crippen LogP contribution in [-0.2, 0) is 84.3 Å². The molecule has 0 bridgehead atoms.